The molecule has 134 valence electrons. The lowest BCUT2D eigenvalue weighted by Gasteiger charge is -2.18. The third-order valence-electron chi connectivity index (χ3n) is 3.84. The van der Waals surface area contributed by atoms with Gasteiger partial charge in [0.15, 0.2) is 6.10 Å². The van der Waals surface area contributed by atoms with Crippen molar-refractivity contribution in [1.82, 2.24) is 5.32 Å². The van der Waals surface area contributed by atoms with Crippen molar-refractivity contribution in [2.24, 2.45) is 0 Å². The Morgan fingerprint density at radius 3 is 2.60 bits per heavy atom. The number of nitrogens with one attached hydrogen (secondary N) is 1. The van der Waals surface area contributed by atoms with Crippen LogP contribution in [0.15, 0.2) is 42.5 Å². The van der Waals surface area contributed by atoms with Gasteiger partial charge >= 0.3 is 0 Å². The Labute approximate surface area is 154 Å². The number of amides is 1. The molecule has 5 heteroatoms. The van der Waals surface area contributed by atoms with E-state index >= 15 is 0 Å². The van der Waals surface area contributed by atoms with Crippen LogP contribution in [0.1, 0.15) is 24.5 Å². The van der Waals surface area contributed by atoms with Gasteiger partial charge in [0, 0.05) is 5.02 Å². The molecule has 4 nitrogen and oxygen atoms in total. The van der Waals surface area contributed by atoms with Gasteiger partial charge in [-0.3, -0.25) is 4.79 Å². The fraction of sp³-hybridized carbons (Fsp3) is 0.350. The number of rotatable bonds is 8. The van der Waals surface area contributed by atoms with E-state index in [-0.39, 0.29) is 5.91 Å². The molecule has 0 aliphatic carbocycles. The molecule has 0 unspecified atom stereocenters. The first-order valence-electron chi connectivity index (χ1n) is 8.40. The van der Waals surface area contributed by atoms with Crippen molar-refractivity contribution in [3.63, 3.8) is 0 Å². The molecule has 0 bridgehead atoms. The summed E-state index contributed by atoms with van der Waals surface area (Å²) in [4.78, 5) is 12.3. The minimum atomic E-state index is -0.519. The maximum atomic E-state index is 12.3. The highest BCUT2D eigenvalue weighted by Gasteiger charge is 2.18. The molecule has 0 fully saturated rings. The summed E-state index contributed by atoms with van der Waals surface area (Å²) in [5, 5.41) is 3.51. The SMILES string of the molecule is CC[C@@H](Oc1ccccc1C)C(=O)NCCOc1ccc(C)c(Cl)c1. The number of carbonyl (C=O) groups excluding carboxylic acids is 1. The van der Waals surface area contributed by atoms with Gasteiger partial charge in [0.25, 0.3) is 5.91 Å². The van der Waals surface area contributed by atoms with Crippen molar-refractivity contribution < 1.29 is 14.3 Å². The van der Waals surface area contributed by atoms with Crippen LogP contribution in [0.2, 0.25) is 5.02 Å². The van der Waals surface area contributed by atoms with Crippen LogP contribution in [0.4, 0.5) is 0 Å². The van der Waals surface area contributed by atoms with Gasteiger partial charge in [0.2, 0.25) is 0 Å². The van der Waals surface area contributed by atoms with Gasteiger partial charge in [-0.1, -0.05) is 42.8 Å². The predicted molar refractivity (Wildman–Crippen MR) is 101 cm³/mol. The average molecular weight is 362 g/mol. The first kappa shape index (κ1) is 19.1. The smallest absolute Gasteiger partial charge is 0.261 e. The Kier molecular flexibility index (Phi) is 7.14. The van der Waals surface area contributed by atoms with Crippen molar-refractivity contribution in [2.45, 2.75) is 33.3 Å². The Morgan fingerprint density at radius 2 is 1.92 bits per heavy atom. The molecule has 0 aliphatic rings. The molecule has 0 heterocycles. The van der Waals surface area contributed by atoms with Crippen LogP contribution < -0.4 is 14.8 Å². The Bertz CT molecular complexity index is 718. The number of hydrogen-bond donors (Lipinski definition) is 1. The maximum absolute atomic E-state index is 12.3. The van der Waals surface area contributed by atoms with E-state index in [0.29, 0.717) is 30.3 Å². The van der Waals surface area contributed by atoms with Crippen LogP contribution in [0, 0.1) is 13.8 Å². The Balaban J connectivity index is 1.79. The molecule has 25 heavy (non-hydrogen) atoms. The quantitative estimate of drug-likeness (QED) is 0.713. The number of para-hydroxylation sites is 1. The first-order chi connectivity index (χ1) is 12.0. The van der Waals surface area contributed by atoms with E-state index in [2.05, 4.69) is 5.32 Å². The second-order valence-electron chi connectivity index (χ2n) is 5.83. The van der Waals surface area contributed by atoms with Crippen molar-refractivity contribution in [3.05, 3.63) is 58.6 Å². The summed E-state index contributed by atoms with van der Waals surface area (Å²) < 4.78 is 11.4. The predicted octanol–water partition coefficient (Wildman–Crippen LogP) is 4.31. The molecular formula is C20H24ClNO3. The fourth-order valence-electron chi connectivity index (χ4n) is 2.28. The summed E-state index contributed by atoms with van der Waals surface area (Å²) in [5.74, 6) is 1.28. The second-order valence-corrected chi connectivity index (χ2v) is 6.24. The molecule has 0 saturated heterocycles. The molecule has 0 aliphatic heterocycles. The number of carbonyl (C=O) groups is 1. The second kappa shape index (κ2) is 9.33. The normalized spacial score (nSPS) is 11.7. The zero-order valence-electron chi connectivity index (χ0n) is 14.8. The summed E-state index contributed by atoms with van der Waals surface area (Å²) in [5.41, 5.74) is 2.01. The number of ether oxygens (including phenoxy) is 2. The Hall–Kier alpha value is -2.20. The van der Waals surface area contributed by atoms with E-state index in [9.17, 15) is 4.79 Å². The van der Waals surface area contributed by atoms with E-state index in [1.54, 1.807) is 6.07 Å². The van der Waals surface area contributed by atoms with Gasteiger partial charge < -0.3 is 14.8 Å². The van der Waals surface area contributed by atoms with E-state index in [1.807, 2.05) is 57.2 Å². The zero-order valence-corrected chi connectivity index (χ0v) is 15.6. The molecule has 1 atom stereocenters. The average Bonchev–Trinajstić information content (AvgIpc) is 2.60. The lowest BCUT2D eigenvalue weighted by molar-refractivity contribution is -0.128. The maximum Gasteiger partial charge on any atom is 0.261 e. The lowest BCUT2D eigenvalue weighted by atomic mass is 10.2. The van der Waals surface area contributed by atoms with Crippen LogP contribution in [-0.2, 0) is 4.79 Å². The summed E-state index contributed by atoms with van der Waals surface area (Å²) in [6.45, 7) is 6.59. The zero-order chi connectivity index (χ0) is 18.2. The van der Waals surface area contributed by atoms with Gasteiger partial charge in [-0.2, -0.15) is 0 Å². The molecular weight excluding hydrogens is 338 g/mol. The molecule has 2 aromatic rings. The molecule has 0 radical (unpaired) electrons. The number of hydrogen-bond acceptors (Lipinski definition) is 3. The van der Waals surface area contributed by atoms with Crippen LogP contribution in [0.3, 0.4) is 0 Å². The topological polar surface area (TPSA) is 47.6 Å². The molecule has 1 N–H and O–H groups in total. The fourth-order valence-corrected chi connectivity index (χ4v) is 2.46. The molecule has 0 saturated carbocycles. The molecule has 2 rings (SSSR count). The summed E-state index contributed by atoms with van der Waals surface area (Å²) >= 11 is 6.06. The monoisotopic (exact) mass is 361 g/mol. The molecule has 2 aromatic carbocycles. The van der Waals surface area contributed by atoms with Gasteiger partial charge in [-0.15, -0.1) is 0 Å². The third-order valence-corrected chi connectivity index (χ3v) is 4.25. The highest BCUT2D eigenvalue weighted by atomic mass is 35.5. The van der Waals surface area contributed by atoms with Crippen molar-refractivity contribution in [2.75, 3.05) is 13.2 Å². The van der Waals surface area contributed by atoms with Gasteiger partial charge in [0.1, 0.15) is 18.1 Å². The minimum Gasteiger partial charge on any atom is -0.492 e. The highest BCUT2D eigenvalue weighted by Crippen LogP contribution is 2.21. The standard InChI is InChI=1S/C20H24ClNO3/c1-4-18(25-19-8-6-5-7-15(19)3)20(23)22-11-12-24-16-10-9-14(2)17(21)13-16/h5-10,13,18H,4,11-12H2,1-3H3,(H,22,23)/t18-/m1/s1. The Morgan fingerprint density at radius 1 is 1.16 bits per heavy atom. The third kappa shape index (κ3) is 5.68. The molecule has 0 aromatic heterocycles. The van der Waals surface area contributed by atoms with Gasteiger partial charge in [-0.25, -0.2) is 0 Å². The first-order valence-corrected chi connectivity index (χ1v) is 8.78. The van der Waals surface area contributed by atoms with Crippen LogP contribution in [0.25, 0.3) is 0 Å². The van der Waals surface area contributed by atoms with Crippen molar-refractivity contribution >= 4 is 17.5 Å². The summed E-state index contributed by atoms with van der Waals surface area (Å²) in [6, 6.07) is 13.2. The highest BCUT2D eigenvalue weighted by molar-refractivity contribution is 6.31. The van der Waals surface area contributed by atoms with Gasteiger partial charge in [-0.05, 0) is 49.6 Å². The summed E-state index contributed by atoms with van der Waals surface area (Å²) in [7, 11) is 0. The van der Waals surface area contributed by atoms with Crippen LogP contribution in [0.5, 0.6) is 11.5 Å². The van der Waals surface area contributed by atoms with E-state index < -0.39 is 6.10 Å². The van der Waals surface area contributed by atoms with E-state index in [0.717, 1.165) is 16.9 Å². The van der Waals surface area contributed by atoms with E-state index in [1.165, 1.54) is 0 Å². The number of benzene rings is 2. The molecule has 1 amide bonds. The number of aryl methyl sites for hydroxylation is 2. The lowest BCUT2D eigenvalue weighted by Crippen LogP contribution is -2.39. The molecule has 0 spiro atoms. The van der Waals surface area contributed by atoms with Gasteiger partial charge in [0.05, 0.1) is 6.54 Å². The van der Waals surface area contributed by atoms with E-state index in [4.69, 9.17) is 21.1 Å². The van der Waals surface area contributed by atoms with Crippen molar-refractivity contribution in [1.29, 1.82) is 0 Å². The van der Waals surface area contributed by atoms with Crippen LogP contribution >= 0.6 is 11.6 Å². The van der Waals surface area contributed by atoms with Crippen LogP contribution in [-0.4, -0.2) is 25.2 Å². The summed E-state index contributed by atoms with van der Waals surface area (Å²) in [6.07, 6.45) is 0.0733. The number of halogens is 1. The largest absolute Gasteiger partial charge is 0.492 e. The minimum absolute atomic E-state index is 0.142. The van der Waals surface area contributed by atoms with Crippen molar-refractivity contribution in [3.8, 4) is 11.5 Å².